The number of hydrogen-bond donors (Lipinski definition) is 3. The number of carbonyl (C=O) groups is 3. The second-order valence-electron chi connectivity index (χ2n) is 5.50. The van der Waals surface area contributed by atoms with Crippen LogP contribution in [0, 0.1) is 0 Å². The van der Waals surface area contributed by atoms with Crippen LogP contribution in [0.1, 0.15) is 10.4 Å². The van der Waals surface area contributed by atoms with E-state index in [9.17, 15) is 14.4 Å². The van der Waals surface area contributed by atoms with Crippen LogP contribution in [0.2, 0.25) is 0 Å². The predicted molar refractivity (Wildman–Crippen MR) is 96.6 cm³/mol. The zero-order valence-electron chi connectivity index (χ0n) is 14.1. The fourth-order valence-electron chi connectivity index (χ4n) is 2.06. The van der Waals surface area contributed by atoms with Gasteiger partial charge in [0.05, 0.1) is 6.54 Å². The van der Waals surface area contributed by atoms with Gasteiger partial charge in [-0.15, -0.1) is 0 Å². The lowest BCUT2D eigenvalue weighted by molar-refractivity contribution is -0.118. The first-order valence-corrected chi connectivity index (χ1v) is 7.67. The quantitative estimate of drug-likeness (QED) is 0.778. The Balaban J connectivity index is 1.84. The second kappa shape index (κ2) is 8.49. The van der Waals surface area contributed by atoms with E-state index in [2.05, 4.69) is 16.0 Å². The highest BCUT2D eigenvalue weighted by molar-refractivity contribution is 6.02. The smallest absolute Gasteiger partial charge is 0.325 e. The molecule has 2 rings (SSSR count). The Morgan fingerprint density at radius 3 is 2.28 bits per heavy atom. The number of nitrogens with zero attached hydrogens (tertiary/aromatic N) is 1. The van der Waals surface area contributed by atoms with Crippen molar-refractivity contribution < 1.29 is 14.4 Å². The van der Waals surface area contributed by atoms with Crippen molar-refractivity contribution in [1.82, 2.24) is 10.2 Å². The van der Waals surface area contributed by atoms with Gasteiger partial charge in [-0.2, -0.15) is 0 Å². The normalized spacial score (nSPS) is 9.84. The summed E-state index contributed by atoms with van der Waals surface area (Å²) in [6.45, 7) is -0.0954. The number of para-hydroxylation sites is 1. The number of imide groups is 1. The molecule has 0 spiro atoms. The van der Waals surface area contributed by atoms with Crippen LogP contribution in [-0.2, 0) is 4.79 Å². The minimum Gasteiger partial charge on any atom is -0.376 e. The van der Waals surface area contributed by atoms with Gasteiger partial charge in [0, 0.05) is 31.0 Å². The van der Waals surface area contributed by atoms with E-state index in [4.69, 9.17) is 0 Å². The highest BCUT2D eigenvalue weighted by atomic mass is 16.2. The number of hydrogen-bond acceptors (Lipinski definition) is 4. The zero-order chi connectivity index (χ0) is 18.2. The second-order valence-corrected chi connectivity index (χ2v) is 5.50. The molecule has 0 fully saturated rings. The molecule has 2 aromatic carbocycles. The van der Waals surface area contributed by atoms with Crippen molar-refractivity contribution in [2.24, 2.45) is 0 Å². The maximum Gasteiger partial charge on any atom is 0.325 e. The van der Waals surface area contributed by atoms with E-state index >= 15 is 0 Å². The van der Waals surface area contributed by atoms with Crippen LogP contribution in [-0.4, -0.2) is 43.4 Å². The van der Waals surface area contributed by atoms with Gasteiger partial charge in [-0.3, -0.25) is 14.9 Å². The summed E-state index contributed by atoms with van der Waals surface area (Å²) in [6, 6.07) is 15.0. The van der Waals surface area contributed by atoms with Crippen molar-refractivity contribution in [3.05, 3.63) is 60.2 Å². The van der Waals surface area contributed by atoms with Crippen molar-refractivity contribution in [3.8, 4) is 0 Å². The number of benzene rings is 2. The van der Waals surface area contributed by atoms with Crippen molar-refractivity contribution in [3.63, 3.8) is 0 Å². The van der Waals surface area contributed by atoms with E-state index in [0.29, 0.717) is 16.9 Å². The van der Waals surface area contributed by atoms with E-state index in [1.165, 1.54) is 4.90 Å². The van der Waals surface area contributed by atoms with Crippen LogP contribution in [0.5, 0.6) is 0 Å². The summed E-state index contributed by atoms with van der Waals surface area (Å²) in [6.07, 6.45) is 0. The minimum absolute atomic E-state index is 0.0954. The van der Waals surface area contributed by atoms with E-state index in [1.54, 1.807) is 62.6 Å². The molecule has 7 nitrogen and oxygen atoms in total. The molecule has 0 saturated carbocycles. The summed E-state index contributed by atoms with van der Waals surface area (Å²) in [5, 5.41) is 7.67. The van der Waals surface area contributed by atoms with Gasteiger partial charge in [0.2, 0.25) is 5.91 Å². The number of anilines is 2. The fourth-order valence-corrected chi connectivity index (χ4v) is 2.06. The van der Waals surface area contributed by atoms with Crippen LogP contribution in [0.4, 0.5) is 16.2 Å². The number of carbonyl (C=O) groups excluding carboxylic acids is 3. The third-order valence-corrected chi connectivity index (χ3v) is 3.25. The van der Waals surface area contributed by atoms with Gasteiger partial charge in [-0.1, -0.05) is 24.3 Å². The summed E-state index contributed by atoms with van der Waals surface area (Å²) >= 11 is 0. The maximum absolute atomic E-state index is 11.9. The van der Waals surface area contributed by atoms with E-state index in [1.807, 2.05) is 6.07 Å². The average Bonchev–Trinajstić information content (AvgIpc) is 2.60. The van der Waals surface area contributed by atoms with E-state index < -0.39 is 11.9 Å². The molecule has 0 unspecified atom stereocenters. The summed E-state index contributed by atoms with van der Waals surface area (Å²) in [5.74, 6) is -0.617. The van der Waals surface area contributed by atoms with Crippen LogP contribution >= 0.6 is 0 Å². The Labute approximate surface area is 146 Å². The third kappa shape index (κ3) is 5.65. The summed E-state index contributed by atoms with van der Waals surface area (Å²) < 4.78 is 0. The molecular formula is C18H20N4O3. The van der Waals surface area contributed by atoms with Gasteiger partial charge in [0.25, 0.3) is 5.91 Å². The molecule has 25 heavy (non-hydrogen) atoms. The molecule has 3 N–H and O–H groups in total. The van der Waals surface area contributed by atoms with Gasteiger partial charge in [0.1, 0.15) is 0 Å². The lowest BCUT2D eigenvalue weighted by atomic mass is 10.2. The van der Waals surface area contributed by atoms with Gasteiger partial charge in [0.15, 0.2) is 0 Å². The molecule has 0 aliphatic heterocycles. The molecule has 0 saturated heterocycles. The molecule has 7 heteroatoms. The molecule has 4 amide bonds. The van der Waals surface area contributed by atoms with E-state index in [-0.39, 0.29) is 12.5 Å². The highest BCUT2D eigenvalue weighted by Gasteiger charge is 2.10. The predicted octanol–water partition coefficient (Wildman–Crippen LogP) is 2.15. The Morgan fingerprint density at radius 2 is 1.60 bits per heavy atom. The number of nitrogens with one attached hydrogen (secondary N) is 3. The molecule has 0 aliphatic rings. The first-order valence-electron chi connectivity index (χ1n) is 7.67. The number of amides is 4. The number of rotatable bonds is 5. The molecule has 0 aromatic heterocycles. The average molecular weight is 340 g/mol. The van der Waals surface area contributed by atoms with E-state index in [0.717, 1.165) is 0 Å². The lowest BCUT2D eigenvalue weighted by Gasteiger charge is -2.12. The Bertz CT molecular complexity index is 760. The monoisotopic (exact) mass is 340 g/mol. The Kier molecular flexibility index (Phi) is 6.11. The van der Waals surface area contributed by atoms with Crippen molar-refractivity contribution >= 4 is 29.2 Å². The van der Waals surface area contributed by atoms with Gasteiger partial charge in [-0.25, -0.2) is 4.79 Å². The Morgan fingerprint density at radius 1 is 0.920 bits per heavy atom. The summed E-state index contributed by atoms with van der Waals surface area (Å²) in [4.78, 5) is 37.0. The molecule has 0 atom stereocenters. The first-order chi connectivity index (χ1) is 12.0. The van der Waals surface area contributed by atoms with Crippen LogP contribution < -0.4 is 16.0 Å². The Hall–Kier alpha value is -3.35. The van der Waals surface area contributed by atoms with Crippen LogP contribution in [0.3, 0.4) is 0 Å². The van der Waals surface area contributed by atoms with Crippen LogP contribution in [0.15, 0.2) is 54.6 Å². The third-order valence-electron chi connectivity index (χ3n) is 3.25. The van der Waals surface area contributed by atoms with Crippen LogP contribution in [0.25, 0.3) is 0 Å². The highest BCUT2D eigenvalue weighted by Crippen LogP contribution is 2.11. The SMILES string of the molecule is CN(C)C(=O)c1cccc(NCC(=O)NC(=O)Nc2ccccc2)c1. The molecule has 0 radical (unpaired) electrons. The topological polar surface area (TPSA) is 90.5 Å². The molecule has 0 bridgehead atoms. The first kappa shape index (κ1) is 18.0. The minimum atomic E-state index is -0.602. The largest absolute Gasteiger partial charge is 0.376 e. The van der Waals surface area contributed by atoms with Crippen molar-refractivity contribution in [1.29, 1.82) is 0 Å². The zero-order valence-corrected chi connectivity index (χ0v) is 14.1. The molecule has 0 aliphatic carbocycles. The lowest BCUT2D eigenvalue weighted by Crippen LogP contribution is -2.37. The van der Waals surface area contributed by atoms with Gasteiger partial charge >= 0.3 is 6.03 Å². The summed E-state index contributed by atoms with van der Waals surface area (Å²) in [5.41, 5.74) is 1.72. The van der Waals surface area contributed by atoms with Gasteiger partial charge < -0.3 is 15.5 Å². The standard InChI is InChI=1S/C18H20N4O3/c1-22(2)17(24)13-7-6-10-15(11-13)19-12-16(23)21-18(25)20-14-8-4-3-5-9-14/h3-11,19H,12H2,1-2H3,(H2,20,21,23,25). The molecule has 2 aromatic rings. The molecule has 0 heterocycles. The van der Waals surface area contributed by atoms with Crippen molar-refractivity contribution in [2.75, 3.05) is 31.3 Å². The summed E-state index contributed by atoms with van der Waals surface area (Å²) in [7, 11) is 3.34. The number of urea groups is 1. The van der Waals surface area contributed by atoms with Crippen molar-refractivity contribution in [2.45, 2.75) is 0 Å². The molecule has 130 valence electrons. The fraction of sp³-hybridized carbons (Fsp3) is 0.167. The molecular weight excluding hydrogens is 320 g/mol. The van der Waals surface area contributed by atoms with Gasteiger partial charge in [-0.05, 0) is 30.3 Å². The maximum atomic E-state index is 11.9.